The van der Waals surface area contributed by atoms with Gasteiger partial charge in [0.05, 0.1) is 0 Å². The molecule has 0 fully saturated rings. The Bertz CT molecular complexity index is 17.7. The van der Waals surface area contributed by atoms with Crippen LogP contribution in [-0.2, 0) is 50.9 Å². The van der Waals surface area contributed by atoms with Crippen LogP contribution in [0.3, 0.4) is 0 Å². The van der Waals surface area contributed by atoms with Crippen LogP contribution in [0.15, 0.2) is 0 Å². The molecule has 0 saturated heterocycles. The van der Waals surface area contributed by atoms with Crippen LogP contribution < -0.4 is 0 Å². The summed E-state index contributed by atoms with van der Waals surface area (Å²) in [4.78, 5) is 0. The molecule has 0 aromatic rings. The third kappa shape index (κ3) is 19.4. The summed E-state index contributed by atoms with van der Waals surface area (Å²) >= 11 is 0. The zero-order valence-corrected chi connectivity index (χ0v) is 7.15. The van der Waals surface area contributed by atoms with Crippen molar-refractivity contribution in [3.05, 3.63) is 0 Å². The molecule has 1 radical (unpaired) electrons. The first kappa shape index (κ1) is 43.3. The summed E-state index contributed by atoms with van der Waals surface area (Å²) in [6, 6.07) is 0. The van der Waals surface area contributed by atoms with Gasteiger partial charge in [-0.3, -0.25) is 0 Å². The smallest absolute Gasteiger partial charge is 1.00 e. The molecule has 0 aromatic carbocycles. The zero-order chi connectivity index (χ0) is 0. The molecule has 0 spiro atoms. The van der Waals surface area contributed by atoms with Gasteiger partial charge in [-0.15, -0.1) is 0 Å². The van der Waals surface area contributed by atoms with Crippen molar-refractivity contribution in [2.24, 2.45) is 0 Å². The van der Waals surface area contributed by atoms with Crippen molar-refractivity contribution in [2.45, 2.75) is 0 Å². The third-order valence-corrected chi connectivity index (χ3v) is 0. The number of hydrogen-bond donors (Lipinski definition) is 0. The first-order valence-electron chi connectivity index (χ1n) is 0. The summed E-state index contributed by atoms with van der Waals surface area (Å²) in [6.45, 7) is 0. The minimum absolute atomic E-state index is 0. The second kappa shape index (κ2) is 27.9. The molecule has 0 aliphatic heterocycles. The van der Waals surface area contributed by atoms with E-state index in [9.17, 15) is 0 Å². The number of hydrogen-bond acceptors (Lipinski definition) is 0. The van der Waals surface area contributed by atoms with Gasteiger partial charge in [0.2, 0.25) is 0 Å². The minimum atomic E-state index is 0. The first-order valence-corrected chi connectivity index (χ1v) is 0. The summed E-state index contributed by atoms with van der Waals surface area (Å²) in [6.07, 6.45) is 0. The summed E-state index contributed by atoms with van der Waals surface area (Å²) in [5.41, 5.74) is 0. The summed E-state index contributed by atoms with van der Waals surface area (Å²) in [5.74, 6) is 0. The van der Waals surface area contributed by atoms with E-state index in [0.717, 1.165) is 0 Å². The topological polar surface area (TPSA) is 0 Å². The molecule has 39 valence electrons. The Kier molecular flexibility index (Phi) is 242. The van der Waals surface area contributed by atoms with Gasteiger partial charge in [-0.25, -0.2) is 0 Å². The molecule has 0 saturated carbocycles. The van der Waals surface area contributed by atoms with E-state index in [-0.39, 0.29) is 102 Å². The van der Waals surface area contributed by atoms with E-state index in [1.807, 2.05) is 0 Å². The molecule has 0 atom stereocenters. The monoisotopic (exact) mass is 247 g/mol. The minimum Gasteiger partial charge on any atom is -1.00 e. The Morgan fingerprint density at radius 1 is 1.20 bits per heavy atom. The maximum atomic E-state index is 0. The van der Waals surface area contributed by atoms with Gasteiger partial charge in [0.15, 0.2) is 0 Å². The summed E-state index contributed by atoms with van der Waals surface area (Å²) in [7, 11) is 0. The fourth-order valence-corrected chi connectivity index (χ4v) is 0. The maximum Gasteiger partial charge on any atom is 2.00 e. The van der Waals surface area contributed by atoms with E-state index in [4.69, 9.17) is 0 Å². The fraction of sp³-hybridized carbons (Fsp3) is 0. The summed E-state index contributed by atoms with van der Waals surface area (Å²) in [5, 5.41) is 0. The Morgan fingerprint density at radius 3 is 1.20 bits per heavy atom. The van der Waals surface area contributed by atoms with E-state index in [1.54, 1.807) is 0 Å². The normalized spacial score (nSPS) is 0. The first-order chi connectivity index (χ1) is 0. The van der Waals surface area contributed by atoms with E-state index >= 15 is 0 Å². The van der Waals surface area contributed by atoms with Crippen LogP contribution in [0, 0.1) is 0 Å². The van der Waals surface area contributed by atoms with Crippen LogP contribution in [0.5, 0.6) is 0 Å². The molecule has 5 heteroatoms. The largest absolute Gasteiger partial charge is 2.00 e. The van der Waals surface area contributed by atoms with Crippen LogP contribution in [0.1, 0.15) is 2.85 Å². The van der Waals surface area contributed by atoms with Crippen molar-refractivity contribution >= 4 is 48.7 Å². The van der Waals surface area contributed by atoms with Crippen LogP contribution in [0.2, 0.25) is 0 Å². The van der Waals surface area contributed by atoms with Gasteiger partial charge in [0, 0.05) is 50.9 Å². The molecular formula is H6CaCrCuNiSi. The van der Waals surface area contributed by atoms with Crippen molar-refractivity contribution in [1.29, 1.82) is 0 Å². The predicted molar refractivity (Wildman–Crippen MR) is 19.3 cm³/mol. The average molecular weight is 248 g/mol. The second-order valence-corrected chi connectivity index (χ2v) is 0. The van der Waals surface area contributed by atoms with E-state index in [2.05, 4.69) is 0 Å². The van der Waals surface area contributed by atoms with Gasteiger partial charge >= 0.3 is 37.7 Å². The van der Waals surface area contributed by atoms with Crippen molar-refractivity contribution in [3.8, 4) is 0 Å². The maximum absolute atomic E-state index is 0. The van der Waals surface area contributed by atoms with Gasteiger partial charge in [-0.2, -0.15) is 0 Å². The molecule has 5 heavy (non-hydrogen) atoms. The van der Waals surface area contributed by atoms with Crippen molar-refractivity contribution in [3.63, 3.8) is 0 Å². The van der Waals surface area contributed by atoms with Gasteiger partial charge < -0.3 is 2.85 Å². The van der Waals surface area contributed by atoms with Gasteiger partial charge in [0.1, 0.15) is 0 Å². The summed E-state index contributed by atoms with van der Waals surface area (Å²) < 4.78 is 0. The molecule has 0 bridgehead atoms. The molecule has 0 unspecified atom stereocenters. The molecule has 0 aliphatic rings. The van der Waals surface area contributed by atoms with Crippen LogP contribution in [0.4, 0.5) is 0 Å². The van der Waals surface area contributed by atoms with Crippen molar-refractivity contribution < 1.29 is 53.8 Å². The number of rotatable bonds is 0. The zero-order valence-electron chi connectivity index (χ0n) is 3.73. The quantitative estimate of drug-likeness (QED) is 0.452. The van der Waals surface area contributed by atoms with Crippen LogP contribution in [0.25, 0.3) is 0 Å². The van der Waals surface area contributed by atoms with Crippen LogP contribution >= 0.6 is 0 Å². The Labute approximate surface area is 101 Å². The third-order valence-electron chi connectivity index (χ3n) is 0. The van der Waals surface area contributed by atoms with Gasteiger partial charge in [0.25, 0.3) is 0 Å². The Hall–Kier alpha value is 3.02. The SMILES string of the molecule is [Ca+2].[Cr].[Cu].[H-].[H-].[Ni].[SiH4]. The van der Waals surface area contributed by atoms with Crippen molar-refractivity contribution in [2.75, 3.05) is 0 Å². The molecule has 0 aliphatic carbocycles. The molecular weight excluding hydrogens is 242 g/mol. The van der Waals surface area contributed by atoms with Gasteiger partial charge in [-0.1, -0.05) is 0 Å². The molecule has 0 N–H and O–H groups in total. The Balaban J connectivity index is 0. The Morgan fingerprint density at radius 2 is 1.20 bits per heavy atom. The second-order valence-electron chi connectivity index (χ2n) is 0. The molecule has 0 aromatic heterocycles. The van der Waals surface area contributed by atoms with Crippen molar-refractivity contribution in [1.82, 2.24) is 0 Å². The predicted octanol–water partition coefficient (Wildman–Crippen LogP) is -1.61. The average Bonchev–Trinajstić information content (AvgIpc) is 0. The van der Waals surface area contributed by atoms with Crippen LogP contribution in [-0.4, -0.2) is 48.7 Å². The standard InChI is InChI=1S/Ca.Cr.Cu.Ni.H4Si.2H/h;;;;1H4;;/q+2;;;;;2*-1. The van der Waals surface area contributed by atoms with E-state index in [0.29, 0.717) is 0 Å². The molecule has 0 nitrogen and oxygen atoms in total. The molecule has 0 amide bonds. The molecule has 0 rings (SSSR count). The molecule has 0 heterocycles. The fourth-order valence-electron chi connectivity index (χ4n) is 0. The van der Waals surface area contributed by atoms with E-state index < -0.39 is 0 Å². The van der Waals surface area contributed by atoms with Gasteiger partial charge in [-0.05, 0) is 11.0 Å². The van der Waals surface area contributed by atoms with E-state index in [1.165, 1.54) is 0 Å².